The highest BCUT2D eigenvalue weighted by molar-refractivity contribution is 5.69. The molecule has 0 unspecified atom stereocenters. The van der Waals surface area contributed by atoms with Crippen molar-refractivity contribution >= 4 is 11.2 Å². The summed E-state index contributed by atoms with van der Waals surface area (Å²) in [6.45, 7) is 0. The number of hydrogen-bond donors (Lipinski definition) is 1. The Morgan fingerprint density at radius 2 is 1.86 bits per heavy atom. The number of aryl methyl sites for hydroxylation is 2. The van der Waals surface area contributed by atoms with Crippen LogP contribution in [0.25, 0.3) is 11.2 Å². The highest BCUT2D eigenvalue weighted by Crippen LogP contribution is 2.27. The first-order valence-corrected chi connectivity index (χ1v) is 7.72. The predicted octanol–water partition coefficient (Wildman–Crippen LogP) is 1.47. The highest BCUT2D eigenvalue weighted by atomic mass is 16.2. The molecule has 0 saturated heterocycles. The van der Waals surface area contributed by atoms with Crippen LogP contribution in [0.4, 0.5) is 0 Å². The molecule has 3 rings (SSSR count). The van der Waals surface area contributed by atoms with E-state index in [1.165, 1.54) is 43.7 Å². The van der Waals surface area contributed by atoms with Crippen molar-refractivity contribution in [2.75, 3.05) is 0 Å². The van der Waals surface area contributed by atoms with Gasteiger partial charge in [-0.3, -0.25) is 13.9 Å². The molecule has 0 aliphatic heterocycles. The third-order valence-corrected chi connectivity index (χ3v) is 4.66. The van der Waals surface area contributed by atoms with Crippen LogP contribution < -0.4 is 11.2 Å². The second-order valence-corrected chi connectivity index (χ2v) is 6.13. The number of aromatic amines is 1. The molecule has 2 heterocycles. The van der Waals surface area contributed by atoms with Gasteiger partial charge in [-0.15, -0.1) is 0 Å². The Morgan fingerprint density at radius 1 is 1.14 bits per heavy atom. The maximum absolute atomic E-state index is 12.1. The fraction of sp³-hybridized carbons (Fsp3) is 0.667. The number of imidazole rings is 1. The Bertz CT molecular complexity index is 762. The van der Waals surface area contributed by atoms with Gasteiger partial charge in [0.05, 0.1) is 0 Å². The van der Waals surface area contributed by atoms with Crippen molar-refractivity contribution in [1.29, 1.82) is 0 Å². The third-order valence-electron chi connectivity index (χ3n) is 4.66. The molecule has 114 valence electrons. The van der Waals surface area contributed by atoms with E-state index in [0.29, 0.717) is 11.2 Å². The lowest BCUT2D eigenvalue weighted by Gasteiger charge is -2.20. The summed E-state index contributed by atoms with van der Waals surface area (Å²) in [5.41, 5.74) is 0.252. The van der Waals surface area contributed by atoms with Gasteiger partial charge in [-0.1, -0.05) is 32.1 Å². The number of hydrogen-bond acceptors (Lipinski definition) is 3. The Kier molecular flexibility index (Phi) is 3.69. The Hall–Kier alpha value is -1.85. The summed E-state index contributed by atoms with van der Waals surface area (Å²) in [5.74, 6) is 1.59. The first-order chi connectivity index (χ1) is 10.1. The van der Waals surface area contributed by atoms with E-state index in [0.717, 1.165) is 29.2 Å². The van der Waals surface area contributed by atoms with Crippen molar-refractivity contribution in [3.05, 3.63) is 26.7 Å². The average Bonchev–Trinajstić information content (AvgIpc) is 2.94. The van der Waals surface area contributed by atoms with Crippen molar-refractivity contribution in [1.82, 2.24) is 19.1 Å². The summed E-state index contributed by atoms with van der Waals surface area (Å²) in [6.07, 6.45) is 8.59. The third kappa shape index (κ3) is 2.54. The Morgan fingerprint density at radius 3 is 2.57 bits per heavy atom. The van der Waals surface area contributed by atoms with Crippen molar-refractivity contribution in [3.63, 3.8) is 0 Å². The first-order valence-electron chi connectivity index (χ1n) is 7.72. The minimum atomic E-state index is -0.335. The second kappa shape index (κ2) is 5.50. The standard InChI is InChI=1S/C15H22N4O2/c1-18-13-12(14(20)19(2)15(18)21)16-11(17-13)9-8-10-6-4-3-5-7-10/h10H,3-9H2,1-2H3,(H,16,17). The van der Waals surface area contributed by atoms with Gasteiger partial charge in [0.2, 0.25) is 0 Å². The quantitative estimate of drug-likeness (QED) is 0.930. The zero-order valence-electron chi connectivity index (χ0n) is 12.7. The van der Waals surface area contributed by atoms with Crippen molar-refractivity contribution in [2.45, 2.75) is 44.9 Å². The van der Waals surface area contributed by atoms with Crippen LogP contribution in [0.1, 0.15) is 44.3 Å². The maximum atomic E-state index is 12.1. The summed E-state index contributed by atoms with van der Waals surface area (Å²) in [6, 6.07) is 0. The number of nitrogens with one attached hydrogen (secondary N) is 1. The number of nitrogens with zero attached hydrogens (tertiary/aromatic N) is 3. The van der Waals surface area contributed by atoms with E-state index in [1.54, 1.807) is 7.05 Å². The normalized spacial score (nSPS) is 16.7. The lowest BCUT2D eigenvalue weighted by molar-refractivity contribution is 0.337. The van der Waals surface area contributed by atoms with Crippen LogP contribution in [-0.4, -0.2) is 19.1 Å². The van der Waals surface area contributed by atoms with E-state index in [1.807, 2.05) is 0 Å². The average molecular weight is 290 g/mol. The van der Waals surface area contributed by atoms with Gasteiger partial charge < -0.3 is 4.98 Å². The van der Waals surface area contributed by atoms with E-state index < -0.39 is 0 Å². The summed E-state index contributed by atoms with van der Waals surface area (Å²) in [4.78, 5) is 31.6. The van der Waals surface area contributed by atoms with Crippen LogP contribution in [0.5, 0.6) is 0 Å². The van der Waals surface area contributed by atoms with Gasteiger partial charge in [-0.25, -0.2) is 9.78 Å². The highest BCUT2D eigenvalue weighted by Gasteiger charge is 2.16. The molecule has 0 amide bonds. The van der Waals surface area contributed by atoms with Crippen LogP contribution >= 0.6 is 0 Å². The smallest absolute Gasteiger partial charge is 0.332 e. The molecular weight excluding hydrogens is 268 g/mol. The zero-order valence-corrected chi connectivity index (χ0v) is 12.7. The van der Waals surface area contributed by atoms with Crippen molar-refractivity contribution in [2.24, 2.45) is 20.0 Å². The molecule has 1 fully saturated rings. The van der Waals surface area contributed by atoms with E-state index in [-0.39, 0.29) is 11.2 Å². The topological polar surface area (TPSA) is 72.7 Å². The molecule has 2 aromatic rings. The minimum absolute atomic E-state index is 0.301. The molecule has 0 spiro atoms. The molecule has 2 aromatic heterocycles. The summed E-state index contributed by atoms with van der Waals surface area (Å²) in [5, 5.41) is 0. The molecule has 21 heavy (non-hydrogen) atoms. The molecule has 0 atom stereocenters. The Balaban J connectivity index is 1.87. The molecule has 0 radical (unpaired) electrons. The predicted molar refractivity (Wildman–Crippen MR) is 81.5 cm³/mol. The largest absolute Gasteiger partial charge is 0.336 e. The van der Waals surface area contributed by atoms with E-state index in [4.69, 9.17) is 0 Å². The maximum Gasteiger partial charge on any atom is 0.332 e. The van der Waals surface area contributed by atoms with Gasteiger partial charge in [0, 0.05) is 20.5 Å². The fourth-order valence-corrected chi connectivity index (χ4v) is 3.31. The van der Waals surface area contributed by atoms with Gasteiger partial charge in [0.25, 0.3) is 5.56 Å². The number of rotatable bonds is 3. The number of H-pyrrole nitrogens is 1. The molecule has 6 heteroatoms. The SMILES string of the molecule is Cn1c(=O)c2[nH]c(CCC3CCCCC3)nc2n(C)c1=O. The van der Waals surface area contributed by atoms with Crippen LogP contribution in [0.2, 0.25) is 0 Å². The Labute approximate surface area is 122 Å². The van der Waals surface area contributed by atoms with E-state index >= 15 is 0 Å². The van der Waals surface area contributed by atoms with Gasteiger partial charge in [0.1, 0.15) is 11.3 Å². The summed E-state index contributed by atoms with van der Waals surface area (Å²) in [7, 11) is 3.14. The fourth-order valence-electron chi connectivity index (χ4n) is 3.31. The minimum Gasteiger partial charge on any atom is -0.336 e. The summed E-state index contributed by atoms with van der Waals surface area (Å²) >= 11 is 0. The lowest BCUT2D eigenvalue weighted by atomic mass is 9.86. The van der Waals surface area contributed by atoms with Crippen LogP contribution in [-0.2, 0) is 20.5 Å². The molecule has 0 bridgehead atoms. The van der Waals surface area contributed by atoms with Gasteiger partial charge >= 0.3 is 5.69 Å². The first kappa shape index (κ1) is 14.1. The van der Waals surface area contributed by atoms with Crippen LogP contribution in [0, 0.1) is 5.92 Å². The molecule has 1 saturated carbocycles. The number of fused-ring (bicyclic) bond motifs is 1. The molecule has 6 nitrogen and oxygen atoms in total. The van der Waals surface area contributed by atoms with E-state index in [2.05, 4.69) is 9.97 Å². The second-order valence-electron chi connectivity index (χ2n) is 6.13. The molecule has 1 N–H and O–H groups in total. The molecular formula is C15H22N4O2. The van der Waals surface area contributed by atoms with Crippen LogP contribution in [0.3, 0.4) is 0 Å². The summed E-state index contributed by atoms with van der Waals surface area (Å²) < 4.78 is 2.54. The zero-order chi connectivity index (χ0) is 15.0. The number of aromatic nitrogens is 4. The van der Waals surface area contributed by atoms with Crippen LogP contribution in [0.15, 0.2) is 9.59 Å². The van der Waals surface area contributed by atoms with Crippen molar-refractivity contribution < 1.29 is 0 Å². The lowest BCUT2D eigenvalue weighted by Crippen LogP contribution is -2.36. The monoisotopic (exact) mass is 290 g/mol. The van der Waals surface area contributed by atoms with Crippen molar-refractivity contribution in [3.8, 4) is 0 Å². The molecule has 1 aliphatic carbocycles. The van der Waals surface area contributed by atoms with E-state index in [9.17, 15) is 9.59 Å². The molecule has 1 aliphatic rings. The van der Waals surface area contributed by atoms with Gasteiger partial charge in [0.15, 0.2) is 5.65 Å². The van der Waals surface area contributed by atoms with Gasteiger partial charge in [-0.2, -0.15) is 0 Å². The van der Waals surface area contributed by atoms with Gasteiger partial charge in [-0.05, 0) is 12.3 Å². The molecule has 0 aromatic carbocycles.